The first kappa shape index (κ1) is 10.4. The minimum absolute atomic E-state index is 0.100. The Kier molecular flexibility index (Phi) is 4.11. The Bertz CT molecular complexity index is 265. The van der Waals surface area contributed by atoms with Crippen molar-refractivity contribution in [3.05, 3.63) is 11.1 Å². The zero-order chi connectivity index (χ0) is 9.68. The Hall–Kier alpha value is -0.680. The number of nitrogens with zero attached hydrogens (tertiary/aromatic N) is 3. The Labute approximate surface area is 85.7 Å². The molecule has 1 amide bonds. The van der Waals surface area contributed by atoms with Crippen molar-refractivity contribution in [2.75, 3.05) is 19.0 Å². The minimum atomic E-state index is -0.100. The summed E-state index contributed by atoms with van der Waals surface area (Å²) in [4.78, 5) is 13.2. The summed E-state index contributed by atoms with van der Waals surface area (Å²) >= 11 is 6.73. The van der Waals surface area contributed by atoms with Crippen LogP contribution in [0.15, 0.2) is 5.38 Å². The minimum Gasteiger partial charge on any atom is -0.336 e. The number of halogens is 1. The third kappa shape index (κ3) is 2.63. The van der Waals surface area contributed by atoms with Crippen molar-refractivity contribution in [1.29, 1.82) is 0 Å². The molecule has 1 heterocycles. The van der Waals surface area contributed by atoms with Crippen LogP contribution in [0.5, 0.6) is 0 Å². The highest BCUT2D eigenvalue weighted by atomic mass is 35.5. The summed E-state index contributed by atoms with van der Waals surface area (Å²) in [6, 6.07) is 0. The molecule has 6 heteroatoms. The maximum atomic E-state index is 11.6. The molecule has 0 spiro atoms. The van der Waals surface area contributed by atoms with Gasteiger partial charge in [0.05, 0.1) is 0 Å². The molecule has 0 fully saturated rings. The first-order valence-corrected chi connectivity index (χ1v) is 5.29. The van der Waals surface area contributed by atoms with E-state index in [1.54, 1.807) is 10.3 Å². The quantitative estimate of drug-likeness (QED) is 0.716. The SMILES string of the molecule is CCN(CCCl)C(=O)c1csnn1. The molecule has 0 atom stereocenters. The van der Waals surface area contributed by atoms with Gasteiger partial charge >= 0.3 is 0 Å². The molecule has 72 valence electrons. The van der Waals surface area contributed by atoms with Crippen LogP contribution in [-0.4, -0.2) is 39.4 Å². The fourth-order valence-electron chi connectivity index (χ4n) is 0.925. The number of amides is 1. The Morgan fingerprint density at radius 1 is 1.77 bits per heavy atom. The summed E-state index contributed by atoms with van der Waals surface area (Å²) in [5.74, 6) is 0.342. The Morgan fingerprint density at radius 2 is 2.54 bits per heavy atom. The fraction of sp³-hybridized carbons (Fsp3) is 0.571. The summed E-state index contributed by atoms with van der Waals surface area (Å²) in [6.07, 6.45) is 0. The first-order valence-electron chi connectivity index (χ1n) is 3.92. The molecule has 0 unspecified atom stereocenters. The molecular formula is C7H10ClN3OS. The van der Waals surface area contributed by atoms with E-state index in [0.29, 0.717) is 24.7 Å². The molecule has 1 rings (SSSR count). The molecule has 0 saturated carbocycles. The standard InChI is InChI=1S/C7H10ClN3OS/c1-2-11(4-3-8)7(12)6-5-13-10-9-6/h5H,2-4H2,1H3. The molecule has 0 saturated heterocycles. The van der Waals surface area contributed by atoms with E-state index in [-0.39, 0.29) is 5.91 Å². The number of alkyl halides is 1. The van der Waals surface area contributed by atoms with Crippen molar-refractivity contribution >= 4 is 29.0 Å². The van der Waals surface area contributed by atoms with Crippen LogP contribution in [-0.2, 0) is 0 Å². The Morgan fingerprint density at radius 3 is 3.00 bits per heavy atom. The smallest absolute Gasteiger partial charge is 0.275 e. The number of carbonyl (C=O) groups excluding carboxylic acids is 1. The second kappa shape index (κ2) is 5.14. The van der Waals surface area contributed by atoms with Gasteiger partial charge < -0.3 is 4.90 Å². The highest BCUT2D eigenvalue weighted by Gasteiger charge is 2.15. The zero-order valence-corrected chi connectivity index (χ0v) is 8.81. The number of hydrogen-bond acceptors (Lipinski definition) is 4. The van der Waals surface area contributed by atoms with Gasteiger partial charge in [-0.15, -0.1) is 16.7 Å². The lowest BCUT2D eigenvalue weighted by Gasteiger charge is -2.17. The van der Waals surface area contributed by atoms with Crippen molar-refractivity contribution in [2.24, 2.45) is 0 Å². The summed E-state index contributed by atoms with van der Waals surface area (Å²) in [5.41, 5.74) is 0.400. The summed E-state index contributed by atoms with van der Waals surface area (Å²) in [6.45, 7) is 3.10. The van der Waals surface area contributed by atoms with Crippen molar-refractivity contribution in [3.63, 3.8) is 0 Å². The normalized spacial score (nSPS) is 10.0. The molecule has 0 aliphatic carbocycles. The van der Waals surface area contributed by atoms with E-state index in [4.69, 9.17) is 11.6 Å². The van der Waals surface area contributed by atoms with Crippen LogP contribution in [0, 0.1) is 0 Å². The van der Waals surface area contributed by atoms with E-state index in [2.05, 4.69) is 9.59 Å². The van der Waals surface area contributed by atoms with Gasteiger partial charge in [-0.1, -0.05) is 4.49 Å². The van der Waals surface area contributed by atoms with E-state index in [9.17, 15) is 4.79 Å². The molecular weight excluding hydrogens is 210 g/mol. The monoisotopic (exact) mass is 219 g/mol. The van der Waals surface area contributed by atoms with Crippen LogP contribution in [0.4, 0.5) is 0 Å². The topological polar surface area (TPSA) is 46.1 Å². The first-order chi connectivity index (χ1) is 6.29. The van der Waals surface area contributed by atoms with Crippen molar-refractivity contribution < 1.29 is 4.79 Å². The fourth-order valence-corrected chi connectivity index (χ4v) is 1.56. The maximum absolute atomic E-state index is 11.6. The maximum Gasteiger partial charge on any atom is 0.275 e. The predicted molar refractivity (Wildman–Crippen MR) is 52.2 cm³/mol. The van der Waals surface area contributed by atoms with E-state index in [1.165, 1.54) is 11.5 Å². The summed E-state index contributed by atoms with van der Waals surface area (Å²) < 4.78 is 3.63. The van der Waals surface area contributed by atoms with Gasteiger partial charge in [-0.3, -0.25) is 4.79 Å². The van der Waals surface area contributed by atoms with Crippen LogP contribution >= 0.6 is 23.1 Å². The molecule has 4 nitrogen and oxygen atoms in total. The molecule has 0 aliphatic rings. The van der Waals surface area contributed by atoms with Gasteiger partial charge in [0, 0.05) is 24.3 Å². The molecule has 0 bridgehead atoms. The van der Waals surface area contributed by atoms with Gasteiger partial charge in [0.25, 0.3) is 5.91 Å². The number of rotatable bonds is 4. The van der Waals surface area contributed by atoms with Gasteiger partial charge in [0.2, 0.25) is 0 Å². The van der Waals surface area contributed by atoms with Gasteiger partial charge in [-0.25, -0.2) is 0 Å². The number of carbonyl (C=O) groups is 1. The van der Waals surface area contributed by atoms with E-state index < -0.39 is 0 Å². The average molecular weight is 220 g/mol. The van der Waals surface area contributed by atoms with Crippen LogP contribution in [0.2, 0.25) is 0 Å². The van der Waals surface area contributed by atoms with Crippen LogP contribution in [0.1, 0.15) is 17.4 Å². The van der Waals surface area contributed by atoms with E-state index >= 15 is 0 Å². The van der Waals surface area contributed by atoms with Crippen LogP contribution in [0.3, 0.4) is 0 Å². The molecule has 13 heavy (non-hydrogen) atoms. The van der Waals surface area contributed by atoms with E-state index in [1.807, 2.05) is 6.92 Å². The zero-order valence-electron chi connectivity index (χ0n) is 7.23. The highest BCUT2D eigenvalue weighted by molar-refractivity contribution is 7.03. The molecule has 0 radical (unpaired) electrons. The lowest BCUT2D eigenvalue weighted by Crippen LogP contribution is -2.32. The molecule has 0 aliphatic heterocycles. The summed E-state index contributed by atoms with van der Waals surface area (Å²) in [7, 11) is 0. The highest BCUT2D eigenvalue weighted by Crippen LogP contribution is 2.03. The van der Waals surface area contributed by atoms with Crippen molar-refractivity contribution in [1.82, 2.24) is 14.5 Å². The van der Waals surface area contributed by atoms with E-state index in [0.717, 1.165) is 0 Å². The van der Waals surface area contributed by atoms with Crippen molar-refractivity contribution in [2.45, 2.75) is 6.92 Å². The molecule has 0 N–H and O–H groups in total. The largest absolute Gasteiger partial charge is 0.336 e. The van der Waals surface area contributed by atoms with Gasteiger partial charge in [0.1, 0.15) is 0 Å². The number of aromatic nitrogens is 2. The van der Waals surface area contributed by atoms with Gasteiger partial charge in [0.15, 0.2) is 5.69 Å². The lowest BCUT2D eigenvalue weighted by atomic mass is 10.4. The third-order valence-corrected chi connectivity index (χ3v) is 2.28. The molecule has 0 aromatic carbocycles. The molecule has 1 aromatic heterocycles. The number of hydrogen-bond donors (Lipinski definition) is 0. The summed E-state index contributed by atoms with van der Waals surface area (Å²) in [5, 5.41) is 5.34. The second-order valence-corrected chi connectivity index (χ2v) is 3.35. The van der Waals surface area contributed by atoms with Crippen LogP contribution < -0.4 is 0 Å². The van der Waals surface area contributed by atoms with Gasteiger partial charge in [-0.05, 0) is 18.5 Å². The van der Waals surface area contributed by atoms with Gasteiger partial charge in [-0.2, -0.15) is 0 Å². The lowest BCUT2D eigenvalue weighted by molar-refractivity contribution is 0.0768. The third-order valence-electron chi connectivity index (χ3n) is 1.60. The van der Waals surface area contributed by atoms with Crippen molar-refractivity contribution in [3.8, 4) is 0 Å². The molecule has 1 aromatic rings. The predicted octanol–water partition coefficient (Wildman–Crippen LogP) is 1.24. The second-order valence-electron chi connectivity index (χ2n) is 2.36. The van der Waals surface area contributed by atoms with Crippen LogP contribution in [0.25, 0.3) is 0 Å². The Balaban J connectivity index is 2.65. The average Bonchev–Trinajstić information content (AvgIpc) is 2.65.